The fraction of sp³-hybridized carbons (Fsp3) is 0.333. The van der Waals surface area contributed by atoms with Crippen molar-refractivity contribution >= 4 is 17.7 Å². The Morgan fingerprint density at radius 1 is 1.12 bits per heavy atom. The van der Waals surface area contributed by atoms with Gasteiger partial charge in [-0.15, -0.1) is 0 Å². The summed E-state index contributed by atoms with van der Waals surface area (Å²) in [5.74, 6) is 0.271. The van der Waals surface area contributed by atoms with E-state index in [9.17, 15) is 9.59 Å². The van der Waals surface area contributed by atoms with Crippen molar-refractivity contribution in [3.05, 3.63) is 54.0 Å². The maximum atomic E-state index is 12.8. The number of fused-ring (bicyclic) bond motifs is 1. The van der Waals surface area contributed by atoms with Crippen LogP contribution in [-0.2, 0) is 16.0 Å². The first kappa shape index (κ1) is 15.6. The summed E-state index contributed by atoms with van der Waals surface area (Å²) < 4.78 is 5.37. The number of benzene rings is 1. The molecule has 0 bridgehead atoms. The van der Waals surface area contributed by atoms with E-state index in [4.69, 9.17) is 4.74 Å². The highest BCUT2D eigenvalue weighted by atomic mass is 16.5. The van der Waals surface area contributed by atoms with Crippen LogP contribution in [0.25, 0.3) is 0 Å². The molecule has 2 aliphatic heterocycles. The number of ether oxygens (including phenoxy) is 1. The smallest absolute Gasteiger partial charge is 0.339 e. The van der Waals surface area contributed by atoms with Gasteiger partial charge in [-0.2, -0.15) is 0 Å². The molecular formula is C18H18N4O3. The number of carbonyl (C=O) groups excluding carboxylic acids is 2. The van der Waals surface area contributed by atoms with E-state index < -0.39 is 12.1 Å². The number of esters is 1. The van der Waals surface area contributed by atoms with Crippen LogP contribution in [0.1, 0.15) is 15.9 Å². The number of rotatable bonds is 2. The van der Waals surface area contributed by atoms with Crippen LogP contribution in [0.15, 0.2) is 42.9 Å². The van der Waals surface area contributed by atoms with E-state index in [-0.39, 0.29) is 5.91 Å². The molecule has 1 aromatic heterocycles. The third-order valence-electron chi connectivity index (χ3n) is 4.63. The molecule has 1 fully saturated rings. The number of nitrogens with zero attached hydrogens (tertiary/aromatic N) is 4. The van der Waals surface area contributed by atoms with Crippen molar-refractivity contribution in [2.45, 2.75) is 12.5 Å². The standard InChI is InChI=1S/C18H18N4O3/c23-17(15-11-13-3-1-2-4-14(13)18(24)25-15)22-9-7-21(8-10-22)16-12-19-5-6-20-16/h1-6,12,15H,7-11H2. The lowest BCUT2D eigenvalue weighted by Crippen LogP contribution is -2.53. The third-order valence-corrected chi connectivity index (χ3v) is 4.63. The van der Waals surface area contributed by atoms with E-state index in [1.165, 1.54) is 0 Å². The van der Waals surface area contributed by atoms with Gasteiger partial charge in [-0.1, -0.05) is 18.2 Å². The molecule has 0 aliphatic carbocycles. The van der Waals surface area contributed by atoms with Crippen molar-refractivity contribution in [3.8, 4) is 0 Å². The van der Waals surface area contributed by atoms with E-state index in [1.807, 2.05) is 12.1 Å². The molecule has 4 rings (SSSR count). The predicted molar refractivity (Wildman–Crippen MR) is 90.2 cm³/mol. The Morgan fingerprint density at radius 2 is 1.92 bits per heavy atom. The quantitative estimate of drug-likeness (QED) is 0.758. The van der Waals surface area contributed by atoms with Gasteiger partial charge in [0.25, 0.3) is 5.91 Å². The molecule has 25 heavy (non-hydrogen) atoms. The van der Waals surface area contributed by atoms with Gasteiger partial charge in [0.05, 0.1) is 11.8 Å². The van der Waals surface area contributed by atoms with Crippen LogP contribution in [-0.4, -0.2) is 59.0 Å². The summed E-state index contributed by atoms with van der Waals surface area (Å²) in [5, 5.41) is 0. The highest BCUT2D eigenvalue weighted by Gasteiger charge is 2.35. The maximum Gasteiger partial charge on any atom is 0.339 e. The fourth-order valence-electron chi connectivity index (χ4n) is 3.28. The van der Waals surface area contributed by atoms with Gasteiger partial charge in [0.1, 0.15) is 5.82 Å². The normalized spacial score (nSPS) is 20.0. The van der Waals surface area contributed by atoms with Crippen LogP contribution < -0.4 is 4.90 Å². The second-order valence-electron chi connectivity index (χ2n) is 6.13. The van der Waals surface area contributed by atoms with Crippen molar-refractivity contribution in [3.63, 3.8) is 0 Å². The van der Waals surface area contributed by atoms with E-state index in [2.05, 4.69) is 14.9 Å². The number of carbonyl (C=O) groups is 2. The highest BCUT2D eigenvalue weighted by molar-refractivity contribution is 5.95. The van der Waals surface area contributed by atoms with Crippen LogP contribution in [0, 0.1) is 0 Å². The Balaban J connectivity index is 1.41. The molecule has 7 nitrogen and oxygen atoms in total. The molecule has 1 aromatic carbocycles. The lowest BCUT2D eigenvalue weighted by atomic mass is 9.98. The number of piperazine rings is 1. The summed E-state index contributed by atoms with van der Waals surface area (Å²) in [6.07, 6.45) is 4.72. The average molecular weight is 338 g/mol. The first-order chi connectivity index (χ1) is 12.2. The zero-order valence-corrected chi connectivity index (χ0v) is 13.7. The first-order valence-electron chi connectivity index (χ1n) is 8.31. The van der Waals surface area contributed by atoms with Gasteiger partial charge in [-0.3, -0.25) is 9.78 Å². The van der Waals surface area contributed by atoms with Gasteiger partial charge in [-0.05, 0) is 11.6 Å². The number of anilines is 1. The van der Waals surface area contributed by atoms with Gasteiger partial charge in [0.2, 0.25) is 0 Å². The lowest BCUT2D eigenvalue weighted by molar-refractivity contribution is -0.141. The summed E-state index contributed by atoms with van der Waals surface area (Å²) in [4.78, 5) is 37.1. The number of amides is 1. The Morgan fingerprint density at radius 3 is 2.68 bits per heavy atom. The van der Waals surface area contributed by atoms with Gasteiger partial charge in [0.15, 0.2) is 6.10 Å². The van der Waals surface area contributed by atoms with E-state index >= 15 is 0 Å². The lowest BCUT2D eigenvalue weighted by Gasteiger charge is -2.37. The highest BCUT2D eigenvalue weighted by Crippen LogP contribution is 2.22. The Kier molecular flexibility index (Phi) is 4.05. The molecule has 1 amide bonds. The van der Waals surface area contributed by atoms with E-state index in [1.54, 1.807) is 35.6 Å². The molecule has 7 heteroatoms. The summed E-state index contributed by atoms with van der Waals surface area (Å²) >= 11 is 0. The van der Waals surface area contributed by atoms with Crippen molar-refractivity contribution in [2.75, 3.05) is 31.1 Å². The number of hydrogen-bond acceptors (Lipinski definition) is 6. The monoisotopic (exact) mass is 338 g/mol. The molecule has 1 unspecified atom stereocenters. The van der Waals surface area contributed by atoms with Crippen LogP contribution in [0.2, 0.25) is 0 Å². The molecule has 0 spiro atoms. The van der Waals surface area contributed by atoms with Gasteiger partial charge in [0, 0.05) is 45.0 Å². The van der Waals surface area contributed by atoms with Crippen LogP contribution in [0.3, 0.4) is 0 Å². The van der Waals surface area contributed by atoms with Crippen molar-refractivity contribution < 1.29 is 14.3 Å². The second kappa shape index (κ2) is 6.51. The average Bonchev–Trinajstić information content (AvgIpc) is 2.68. The molecule has 128 valence electrons. The van der Waals surface area contributed by atoms with Crippen molar-refractivity contribution in [1.82, 2.24) is 14.9 Å². The Bertz CT molecular complexity index is 788. The number of aromatic nitrogens is 2. The zero-order chi connectivity index (χ0) is 17.2. The predicted octanol–water partition coefficient (Wildman–Crippen LogP) is 0.907. The maximum absolute atomic E-state index is 12.8. The summed E-state index contributed by atoms with van der Waals surface area (Å²) in [6.45, 7) is 2.51. The van der Waals surface area contributed by atoms with Gasteiger partial charge >= 0.3 is 5.97 Å². The minimum atomic E-state index is -0.731. The van der Waals surface area contributed by atoms with Crippen molar-refractivity contribution in [1.29, 1.82) is 0 Å². The first-order valence-corrected chi connectivity index (χ1v) is 8.31. The van der Waals surface area contributed by atoms with Gasteiger partial charge < -0.3 is 14.5 Å². The Labute approximate surface area is 145 Å². The summed E-state index contributed by atoms with van der Waals surface area (Å²) in [5.41, 5.74) is 1.43. The molecule has 2 aliphatic rings. The van der Waals surface area contributed by atoms with E-state index in [0.717, 1.165) is 11.4 Å². The minimum Gasteiger partial charge on any atom is -0.448 e. The summed E-state index contributed by atoms with van der Waals surface area (Å²) in [7, 11) is 0. The molecule has 0 radical (unpaired) electrons. The third kappa shape index (κ3) is 3.05. The minimum absolute atomic E-state index is 0.123. The largest absolute Gasteiger partial charge is 0.448 e. The molecule has 1 atom stereocenters. The molecule has 0 saturated carbocycles. The molecule has 1 saturated heterocycles. The van der Waals surface area contributed by atoms with Crippen LogP contribution in [0.5, 0.6) is 0 Å². The van der Waals surface area contributed by atoms with Crippen molar-refractivity contribution in [2.24, 2.45) is 0 Å². The zero-order valence-electron chi connectivity index (χ0n) is 13.7. The topological polar surface area (TPSA) is 75.6 Å². The summed E-state index contributed by atoms with van der Waals surface area (Å²) in [6, 6.07) is 7.28. The number of cyclic esters (lactones) is 1. The SMILES string of the molecule is O=C1OC(C(=O)N2CCN(c3cnccn3)CC2)Cc2ccccc21. The molecular weight excluding hydrogens is 320 g/mol. The fourth-order valence-corrected chi connectivity index (χ4v) is 3.28. The second-order valence-corrected chi connectivity index (χ2v) is 6.13. The van der Waals surface area contributed by atoms with Crippen LogP contribution in [0.4, 0.5) is 5.82 Å². The van der Waals surface area contributed by atoms with Gasteiger partial charge in [-0.25, -0.2) is 9.78 Å². The van der Waals surface area contributed by atoms with E-state index in [0.29, 0.717) is 38.2 Å². The molecule has 0 N–H and O–H groups in total. The number of hydrogen-bond donors (Lipinski definition) is 0. The molecule has 2 aromatic rings. The Hall–Kier alpha value is -2.96. The van der Waals surface area contributed by atoms with Crippen LogP contribution >= 0.6 is 0 Å². The molecule has 3 heterocycles.